The molecule has 1 aliphatic rings. The summed E-state index contributed by atoms with van der Waals surface area (Å²) in [5.74, 6) is -1.31. The first-order valence-electron chi connectivity index (χ1n) is 9.22. The third kappa shape index (κ3) is 4.91. The summed E-state index contributed by atoms with van der Waals surface area (Å²) in [7, 11) is 0. The Bertz CT molecular complexity index is 896. The van der Waals surface area contributed by atoms with E-state index in [0.717, 1.165) is 0 Å². The van der Waals surface area contributed by atoms with Gasteiger partial charge in [-0.1, -0.05) is 18.2 Å². The van der Waals surface area contributed by atoms with E-state index in [4.69, 9.17) is 14.9 Å². The SMILES string of the molecule is O=C(O)CN1Cc2ccccc2N(C(=O)c2ccc(OCCCO)cc2)CC1=O. The van der Waals surface area contributed by atoms with Gasteiger partial charge in [-0.25, -0.2) is 0 Å². The summed E-state index contributed by atoms with van der Waals surface area (Å²) in [6.07, 6.45) is 0.514. The fraction of sp³-hybridized carbons (Fsp3) is 0.286. The highest BCUT2D eigenvalue weighted by atomic mass is 16.5. The van der Waals surface area contributed by atoms with Crippen LogP contribution in [0.3, 0.4) is 0 Å². The molecule has 0 bridgehead atoms. The summed E-state index contributed by atoms with van der Waals surface area (Å²) < 4.78 is 5.47. The third-order valence-electron chi connectivity index (χ3n) is 4.53. The molecule has 29 heavy (non-hydrogen) atoms. The van der Waals surface area contributed by atoms with Crippen LogP contribution in [-0.2, 0) is 16.1 Å². The predicted molar refractivity (Wildman–Crippen MR) is 105 cm³/mol. The Morgan fingerprint density at radius 1 is 1.03 bits per heavy atom. The Balaban J connectivity index is 1.84. The highest BCUT2D eigenvalue weighted by molar-refractivity contribution is 6.09. The number of anilines is 1. The number of benzene rings is 2. The number of aliphatic hydroxyl groups is 1. The maximum Gasteiger partial charge on any atom is 0.323 e. The largest absolute Gasteiger partial charge is 0.494 e. The fourth-order valence-electron chi connectivity index (χ4n) is 3.11. The Morgan fingerprint density at radius 2 is 1.76 bits per heavy atom. The number of carbonyl (C=O) groups is 3. The van der Waals surface area contributed by atoms with Crippen LogP contribution >= 0.6 is 0 Å². The first-order chi connectivity index (χ1) is 14.0. The highest BCUT2D eigenvalue weighted by Crippen LogP contribution is 2.27. The van der Waals surface area contributed by atoms with Crippen LogP contribution in [0, 0.1) is 0 Å². The maximum absolute atomic E-state index is 13.1. The van der Waals surface area contributed by atoms with Crippen LogP contribution in [0.1, 0.15) is 22.3 Å². The third-order valence-corrected chi connectivity index (χ3v) is 4.53. The lowest BCUT2D eigenvalue weighted by Gasteiger charge is -2.22. The second-order valence-corrected chi connectivity index (χ2v) is 6.61. The normalized spacial score (nSPS) is 13.6. The lowest BCUT2D eigenvalue weighted by atomic mass is 10.1. The highest BCUT2D eigenvalue weighted by Gasteiger charge is 2.30. The van der Waals surface area contributed by atoms with E-state index < -0.39 is 18.4 Å². The van der Waals surface area contributed by atoms with Crippen molar-refractivity contribution in [1.82, 2.24) is 4.90 Å². The molecule has 0 saturated carbocycles. The number of carbonyl (C=O) groups excluding carboxylic acids is 2. The molecule has 2 N–H and O–H groups in total. The first-order valence-corrected chi connectivity index (χ1v) is 9.22. The van der Waals surface area contributed by atoms with E-state index in [1.807, 2.05) is 0 Å². The number of aliphatic hydroxyl groups excluding tert-OH is 1. The zero-order valence-electron chi connectivity index (χ0n) is 15.8. The molecule has 2 aromatic carbocycles. The van der Waals surface area contributed by atoms with Gasteiger partial charge in [-0.3, -0.25) is 19.3 Å². The van der Waals surface area contributed by atoms with Crippen molar-refractivity contribution in [1.29, 1.82) is 0 Å². The summed E-state index contributed by atoms with van der Waals surface area (Å²) in [5.41, 5.74) is 1.67. The fourth-order valence-corrected chi connectivity index (χ4v) is 3.11. The molecule has 152 valence electrons. The Morgan fingerprint density at radius 3 is 2.45 bits per heavy atom. The van der Waals surface area contributed by atoms with E-state index in [-0.39, 0.29) is 25.6 Å². The topological polar surface area (TPSA) is 107 Å². The van der Waals surface area contributed by atoms with Gasteiger partial charge in [-0.15, -0.1) is 0 Å². The standard InChI is InChI=1S/C21H22N2O6/c24-10-3-11-29-17-8-6-15(7-9-17)21(28)23-13-19(25)22(14-20(26)27)12-16-4-1-2-5-18(16)23/h1-2,4-9,24H,3,10-14H2,(H,26,27). The van der Waals surface area contributed by atoms with Gasteiger partial charge in [0.15, 0.2) is 0 Å². The number of carboxylic acid groups (broad SMARTS) is 1. The van der Waals surface area contributed by atoms with Gasteiger partial charge in [0.2, 0.25) is 5.91 Å². The zero-order valence-corrected chi connectivity index (χ0v) is 15.8. The average molecular weight is 398 g/mol. The van der Waals surface area contributed by atoms with E-state index >= 15 is 0 Å². The number of rotatable bonds is 7. The van der Waals surface area contributed by atoms with Crippen molar-refractivity contribution in [2.45, 2.75) is 13.0 Å². The molecular weight excluding hydrogens is 376 g/mol. The van der Waals surface area contributed by atoms with E-state index in [9.17, 15) is 14.4 Å². The van der Waals surface area contributed by atoms with E-state index in [0.29, 0.717) is 35.6 Å². The molecule has 8 heteroatoms. The summed E-state index contributed by atoms with van der Waals surface area (Å²) in [6, 6.07) is 13.6. The molecule has 3 rings (SSSR count). The van der Waals surface area contributed by atoms with Gasteiger partial charge < -0.3 is 19.8 Å². The summed E-state index contributed by atoms with van der Waals surface area (Å²) in [4.78, 5) is 39.4. The van der Waals surface area contributed by atoms with E-state index in [1.54, 1.807) is 48.5 Å². The molecule has 0 unspecified atom stereocenters. The summed E-state index contributed by atoms with van der Waals surface area (Å²) >= 11 is 0. The van der Waals surface area contributed by atoms with Crippen LogP contribution in [0.25, 0.3) is 0 Å². The Hall–Kier alpha value is -3.39. The smallest absolute Gasteiger partial charge is 0.323 e. The number of ether oxygens (including phenoxy) is 1. The van der Waals surface area contributed by atoms with Crippen LogP contribution < -0.4 is 9.64 Å². The molecule has 0 spiro atoms. The quantitative estimate of drug-likeness (QED) is 0.685. The van der Waals surface area contributed by atoms with Crippen molar-refractivity contribution >= 4 is 23.5 Å². The molecule has 2 amide bonds. The molecule has 0 saturated heterocycles. The Kier molecular flexibility index (Phi) is 6.46. The first kappa shape index (κ1) is 20.3. The van der Waals surface area contributed by atoms with Crippen molar-refractivity contribution in [2.24, 2.45) is 0 Å². The molecule has 1 aliphatic heterocycles. The number of fused-ring (bicyclic) bond motifs is 1. The predicted octanol–water partition coefficient (Wildman–Crippen LogP) is 1.52. The Labute approximate surface area is 167 Å². The van der Waals surface area contributed by atoms with Gasteiger partial charge in [0.25, 0.3) is 5.91 Å². The maximum atomic E-state index is 13.1. The van der Waals surface area contributed by atoms with Crippen molar-refractivity contribution in [3.8, 4) is 5.75 Å². The van der Waals surface area contributed by atoms with Crippen molar-refractivity contribution < 1.29 is 29.3 Å². The number of aliphatic carboxylic acids is 1. The number of para-hydroxylation sites is 1. The molecule has 0 aromatic heterocycles. The summed E-state index contributed by atoms with van der Waals surface area (Å²) in [5, 5.41) is 17.9. The molecule has 0 atom stereocenters. The van der Waals surface area contributed by atoms with Crippen LogP contribution in [0.4, 0.5) is 5.69 Å². The van der Waals surface area contributed by atoms with Crippen LogP contribution in [-0.4, -0.2) is 59.2 Å². The van der Waals surface area contributed by atoms with Crippen molar-refractivity contribution in [3.63, 3.8) is 0 Å². The second-order valence-electron chi connectivity index (χ2n) is 6.61. The number of carboxylic acids is 1. The molecule has 1 heterocycles. The molecule has 2 aromatic rings. The second kappa shape index (κ2) is 9.20. The number of amides is 2. The minimum atomic E-state index is -1.10. The number of hydrogen-bond acceptors (Lipinski definition) is 5. The molecule has 0 aliphatic carbocycles. The van der Waals surface area contributed by atoms with Crippen molar-refractivity contribution in [2.75, 3.05) is 31.2 Å². The monoisotopic (exact) mass is 398 g/mol. The number of hydrogen-bond donors (Lipinski definition) is 2. The van der Waals surface area contributed by atoms with Crippen LogP contribution in [0.2, 0.25) is 0 Å². The molecule has 0 radical (unpaired) electrons. The van der Waals surface area contributed by atoms with Gasteiger partial charge >= 0.3 is 5.97 Å². The average Bonchev–Trinajstić information content (AvgIpc) is 2.85. The molecule has 0 fully saturated rings. The van der Waals surface area contributed by atoms with Crippen LogP contribution in [0.15, 0.2) is 48.5 Å². The van der Waals surface area contributed by atoms with Gasteiger partial charge in [-0.05, 0) is 35.9 Å². The van der Waals surface area contributed by atoms with Gasteiger partial charge in [0.05, 0.1) is 6.61 Å². The van der Waals surface area contributed by atoms with E-state index in [1.165, 1.54) is 9.80 Å². The van der Waals surface area contributed by atoms with Crippen molar-refractivity contribution in [3.05, 3.63) is 59.7 Å². The van der Waals surface area contributed by atoms with E-state index in [2.05, 4.69) is 0 Å². The van der Waals surface area contributed by atoms with Gasteiger partial charge in [0, 0.05) is 30.8 Å². The zero-order chi connectivity index (χ0) is 20.8. The minimum absolute atomic E-state index is 0.0395. The van der Waals surface area contributed by atoms with Gasteiger partial charge in [0.1, 0.15) is 18.8 Å². The summed E-state index contributed by atoms with van der Waals surface area (Å²) in [6.45, 7) is -0.120. The minimum Gasteiger partial charge on any atom is -0.494 e. The number of nitrogens with zero attached hydrogens (tertiary/aromatic N) is 2. The lowest BCUT2D eigenvalue weighted by Crippen LogP contribution is -2.41. The molecule has 8 nitrogen and oxygen atoms in total. The lowest BCUT2D eigenvalue weighted by molar-refractivity contribution is -0.144. The van der Waals surface area contributed by atoms with Crippen LogP contribution in [0.5, 0.6) is 5.75 Å². The molecular formula is C21H22N2O6. The van der Waals surface area contributed by atoms with Gasteiger partial charge in [-0.2, -0.15) is 0 Å².